The van der Waals surface area contributed by atoms with E-state index in [-0.39, 0.29) is 27.6 Å². The Morgan fingerprint density at radius 2 is 1.70 bits per heavy atom. The summed E-state index contributed by atoms with van der Waals surface area (Å²) in [6.45, 7) is 2.14. The van der Waals surface area contributed by atoms with Crippen LogP contribution in [0, 0.1) is 10.1 Å². The van der Waals surface area contributed by atoms with E-state index in [1.165, 1.54) is 12.1 Å². The molecule has 0 unspecified atom stereocenters. The SMILES string of the molecule is Br.CCCc1cc(-c2nc(-c3ccccc3)c(-c3ccc([N+](=O)[O-])cc3)s2)ccn1. The van der Waals surface area contributed by atoms with E-state index in [9.17, 15) is 10.1 Å². The molecule has 4 rings (SSSR count). The van der Waals surface area contributed by atoms with Gasteiger partial charge in [0, 0.05) is 35.2 Å². The Bertz CT molecular complexity index is 1140. The van der Waals surface area contributed by atoms with Crippen LogP contribution in [-0.2, 0) is 6.42 Å². The highest BCUT2D eigenvalue weighted by Gasteiger charge is 2.17. The van der Waals surface area contributed by atoms with Crippen molar-refractivity contribution >= 4 is 34.0 Å². The lowest BCUT2D eigenvalue weighted by Crippen LogP contribution is -1.89. The van der Waals surface area contributed by atoms with Crippen LogP contribution in [0.15, 0.2) is 72.9 Å². The zero-order valence-corrected chi connectivity index (χ0v) is 18.8. The number of non-ortho nitro benzene ring substituents is 1. The summed E-state index contributed by atoms with van der Waals surface area (Å²) in [4.78, 5) is 21.0. The largest absolute Gasteiger partial charge is 0.269 e. The normalized spacial score (nSPS) is 10.4. The molecule has 2 heterocycles. The summed E-state index contributed by atoms with van der Waals surface area (Å²) in [5.41, 5.74) is 5.00. The van der Waals surface area contributed by atoms with Crippen molar-refractivity contribution in [2.75, 3.05) is 0 Å². The van der Waals surface area contributed by atoms with Crippen LogP contribution >= 0.6 is 28.3 Å². The summed E-state index contributed by atoms with van der Waals surface area (Å²) < 4.78 is 0. The standard InChI is InChI=1S/C23H19N3O2S.BrH/c1-2-6-19-15-18(13-14-24-19)23-25-21(16-7-4-3-5-8-16)22(29-23)17-9-11-20(12-10-17)26(27)28;/h3-5,7-15H,2,6H2,1H3;1H. The predicted molar refractivity (Wildman–Crippen MR) is 127 cm³/mol. The Morgan fingerprint density at radius 1 is 0.967 bits per heavy atom. The summed E-state index contributed by atoms with van der Waals surface area (Å²) in [5.74, 6) is 0. The van der Waals surface area contributed by atoms with Crippen LogP contribution in [0.2, 0.25) is 0 Å². The first kappa shape index (κ1) is 21.8. The van der Waals surface area contributed by atoms with Gasteiger partial charge in [0.2, 0.25) is 0 Å². The molecule has 152 valence electrons. The van der Waals surface area contributed by atoms with E-state index in [1.54, 1.807) is 23.5 Å². The van der Waals surface area contributed by atoms with Crippen molar-refractivity contribution in [3.63, 3.8) is 0 Å². The molecule has 0 aliphatic carbocycles. The first-order chi connectivity index (χ1) is 14.2. The van der Waals surface area contributed by atoms with E-state index in [2.05, 4.69) is 18.0 Å². The van der Waals surface area contributed by atoms with Crippen molar-refractivity contribution < 1.29 is 4.92 Å². The molecule has 30 heavy (non-hydrogen) atoms. The highest BCUT2D eigenvalue weighted by atomic mass is 79.9. The molecule has 0 radical (unpaired) electrons. The molecule has 7 heteroatoms. The van der Waals surface area contributed by atoms with Gasteiger partial charge in [-0.3, -0.25) is 15.1 Å². The summed E-state index contributed by atoms with van der Waals surface area (Å²) in [7, 11) is 0. The van der Waals surface area contributed by atoms with E-state index in [0.29, 0.717) is 0 Å². The fourth-order valence-electron chi connectivity index (χ4n) is 3.17. The van der Waals surface area contributed by atoms with Crippen molar-refractivity contribution in [2.45, 2.75) is 19.8 Å². The number of thiazole rings is 1. The van der Waals surface area contributed by atoms with E-state index >= 15 is 0 Å². The van der Waals surface area contributed by atoms with Gasteiger partial charge in [-0.05, 0) is 36.2 Å². The number of nitrogens with zero attached hydrogens (tertiary/aromatic N) is 3. The summed E-state index contributed by atoms with van der Waals surface area (Å²) in [6.07, 6.45) is 3.80. The molecule has 0 bridgehead atoms. The number of benzene rings is 2. The van der Waals surface area contributed by atoms with Gasteiger partial charge in [-0.1, -0.05) is 43.7 Å². The highest BCUT2D eigenvalue weighted by Crippen LogP contribution is 2.41. The van der Waals surface area contributed by atoms with Gasteiger partial charge in [0.1, 0.15) is 5.01 Å². The second-order valence-electron chi connectivity index (χ2n) is 6.65. The average molecular weight is 482 g/mol. The maximum absolute atomic E-state index is 11.0. The van der Waals surface area contributed by atoms with Crippen molar-refractivity contribution in [2.24, 2.45) is 0 Å². The lowest BCUT2D eigenvalue weighted by molar-refractivity contribution is -0.384. The minimum atomic E-state index is -0.383. The van der Waals surface area contributed by atoms with Crippen molar-refractivity contribution in [1.29, 1.82) is 0 Å². The number of rotatable bonds is 6. The maximum atomic E-state index is 11.0. The van der Waals surface area contributed by atoms with Crippen LogP contribution in [0.4, 0.5) is 5.69 Å². The molecule has 0 aliphatic rings. The van der Waals surface area contributed by atoms with E-state index < -0.39 is 0 Å². The Labute approximate surface area is 189 Å². The number of aromatic nitrogens is 2. The van der Waals surface area contributed by atoms with Crippen LogP contribution in [0.5, 0.6) is 0 Å². The molecule has 0 amide bonds. The fourth-order valence-corrected chi connectivity index (χ4v) is 4.26. The molecule has 2 aromatic carbocycles. The number of nitro benzene ring substituents is 1. The van der Waals surface area contributed by atoms with Gasteiger partial charge in [-0.2, -0.15) is 0 Å². The van der Waals surface area contributed by atoms with Crippen molar-refractivity contribution in [1.82, 2.24) is 9.97 Å². The monoisotopic (exact) mass is 481 g/mol. The van der Waals surface area contributed by atoms with E-state index in [4.69, 9.17) is 4.98 Å². The second-order valence-corrected chi connectivity index (χ2v) is 7.65. The smallest absolute Gasteiger partial charge is 0.261 e. The van der Waals surface area contributed by atoms with Gasteiger partial charge in [0.15, 0.2) is 0 Å². The molecule has 0 aliphatic heterocycles. The maximum Gasteiger partial charge on any atom is 0.269 e. The number of hydrogen-bond donors (Lipinski definition) is 0. The van der Waals surface area contributed by atoms with Gasteiger partial charge >= 0.3 is 0 Å². The average Bonchev–Trinajstić information content (AvgIpc) is 3.20. The van der Waals surface area contributed by atoms with Crippen molar-refractivity contribution in [3.8, 4) is 32.3 Å². The molecule has 0 saturated carbocycles. The van der Waals surface area contributed by atoms with Crippen molar-refractivity contribution in [3.05, 3.63) is 88.7 Å². The topological polar surface area (TPSA) is 68.9 Å². The quantitative estimate of drug-likeness (QED) is 0.220. The van der Waals surface area contributed by atoms with E-state index in [1.807, 2.05) is 42.6 Å². The minimum Gasteiger partial charge on any atom is -0.261 e. The summed E-state index contributed by atoms with van der Waals surface area (Å²) in [6, 6.07) is 20.7. The molecule has 0 N–H and O–H groups in total. The van der Waals surface area contributed by atoms with Crippen LogP contribution in [0.25, 0.3) is 32.3 Å². The Hall–Kier alpha value is -2.90. The van der Waals surface area contributed by atoms with E-state index in [0.717, 1.165) is 50.8 Å². The molecule has 0 saturated heterocycles. The predicted octanol–water partition coefficient (Wildman–Crippen LogP) is 6.98. The molecule has 5 nitrogen and oxygen atoms in total. The van der Waals surface area contributed by atoms with Crippen LogP contribution in [0.1, 0.15) is 19.0 Å². The molecule has 0 fully saturated rings. The molecule has 0 atom stereocenters. The fraction of sp³-hybridized carbons (Fsp3) is 0.130. The molecular weight excluding hydrogens is 462 g/mol. The van der Waals surface area contributed by atoms with Crippen LogP contribution < -0.4 is 0 Å². The Kier molecular flexibility index (Phi) is 7.07. The highest BCUT2D eigenvalue weighted by molar-refractivity contribution is 8.93. The van der Waals surface area contributed by atoms with Crippen LogP contribution in [0.3, 0.4) is 0 Å². The number of hydrogen-bond acceptors (Lipinski definition) is 5. The molecule has 4 aromatic rings. The third-order valence-corrected chi connectivity index (χ3v) is 5.74. The lowest BCUT2D eigenvalue weighted by atomic mass is 10.1. The van der Waals surface area contributed by atoms with Crippen LogP contribution in [-0.4, -0.2) is 14.9 Å². The van der Waals surface area contributed by atoms with Gasteiger partial charge in [0.05, 0.1) is 15.5 Å². The first-order valence-corrected chi connectivity index (χ1v) is 10.2. The molecule has 0 spiro atoms. The molecule has 2 aromatic heterocycles. The Balaban J connectivity index is 0.00000256. The lowest BCUT2D eigenvalue weighted by Gasteiger charge is -2.02. The van der Waals surface area contributed by atoms with Gasteiger partial charge < -0.3 is 0 Å². The summed E-state index contributed by atoms with van der Waals surface area (Å²) in [5, 5.41) is 11.9. The van der Waals surface area contributed by atoms with Gasteiger partial charge in [-0.25, -0.2) is 4.98 Å². The van der Waals surface area contributed by atoms with Gasteiger partial charge in [-0.15, -0.1) is 28.3 Å². The number of pyridine rings is 1. The zero-order valence-electron chi connectivity index (χ0n) is 16.3. The number of nitro groups is 1. The molecular formula is C23H20BrN3O2S. The zero-order chi connectivity index (χ0) is 20.2. The second kappa shape index (κ2) is 9.73. The number of halogens is 1. The van der Waals surface area contributed by atoms with Gasteiger partial charge in [0.25, 0.3) is 5.69 Å². The summed E-state index contributed by atoms with van der Waals surface area (Å²) >= 11 is 1.59. The Morgan fingerprint density at radius 3 is 2.37 bits per heavy atom. The minimum absolute atomic E-state index is 0. The number of aryl methyl sites for hydroxylation is 1. The third-order valence-electron chi connectivity index (χ3n) is 4.58. The third kappa shape index (κ3) is 4.63. The first-order valence-electron chi connectivity index (χ1n) is 9.42.